The van der Waals surface area contributed by atoms with Gasteiger partial charge in [0.1, 0.15) is 0 Å². The molecule has 4 bridgehead atoms. The van der Waals surface area contributed by atoms with Crippen molar-refractivity contribution < 1.29 is 18.0 Å². The molecule has 30 heavy (non-hydrogen) atoms. The summed E-state index contributed by atoms with van der Waals surface area (Å²) in [4.78, 5) is 25.4. The first kappa shape index (κ1) is 21.3. The first-order valence-corrected chi connectivity index (χ1v) is 12.9. The number of aryl methyl sites for hydroxylation is 1. The summed E-state index contributed by atoms with van der Waals surface area (Å²) in [6.07, 6.45) is 9.06. The second-order valence-corrected chi connectivity index (χ2v) is 11.9. The van der Waals surface area contributed by atoms with Crippen molar-refractivity contribution in [1.29, 1.82) is 0 Å². The molecule has 0 aliphatic heterocycles. The first-order valence-electron chi connectivity index (χ1n) is 11.0. The quantitative estimate of drug-likeness (QED) is 0.646. The van der Waals surface area contributed by atoms with Crippen LogP contribution in [0.15, 0.2) is 23.1 Å². The highest BCUT2D eigenvalue weighted by molar-refractivity contribution is 7.90. The SMILES string of the molecule is Cc1ccc(S(C)(=O)=O)cc1NC(=O)CCCNC(=O)C12CC3CC(CC(C3)C1)C2. The van der Waals surface area contributed by atoms with Crippen LogP contribution < -0.4 is 10.6 Å². The summed E-state index contributed by atoms with van der Waals surface area (Å²) in [5.41, 5.74) is 1.17. The molecule has 1 aromatic carbocycles. The monoisotopic (exact) mass is 432 g/mol. The van der Waals surface area contributed by atoms with Crippen LogP contribution in [-0.4, -0.2) is 33.0 Å². The molecule has 4 aliphatic carbocycles. The Bertz CT molecular complexity index is 919. The number of carbonyl (C=O) groups excluding carboxylic acids is 2. The Morgan fingerprint density at radius 3 is 2.23 bits per heavy atom. The van der Waals surface area contributed by atoms with Crippen LogP contribution in [0.1, 0.15) is 56.9 Å². The van der Waals surface area contributed by atoms with Gasteiger partial charge in [-0.25, -0.2) is 8.42 Å². The number of hydrogen-bond acceptors (Lipinski definition) is 4. The Hall–Kier alpha value is -1.89. The Kier molecular flexibility index (Phi) is 5.68. The molecule has 0 saturated heterocycles. The molecule has 5 rings (SSSR count). The fourth-order valence-corrected chi connectivity index (χ4v) is 6.85. The normalized spacial score (nSPS) is 29.6. The van der Waals surface area contributed by atoms with E-state index in [0.717, 1.165) is 48.8 Å². The molecular formula is C23H32N2O4S. The summed E-state index contributed by atoms with van der Waals surface area (Å²) in [6.45, 7) is 2.32. The average Bonchev–Trinajstić information content (AvgIpc) is 2.65. The smallest absolute Gasteiger partial charge is 0.226 e. The van der Waals surface area contributed by atoms with Gasteiger partial charge in [-0.3, -0.25) is 9.59 Å². The third kappa shape index (κ3) is 4.41. The summed E-state index contributed by atoms with van der Waals surface area (Å²) in [7, 11) is -3.33. The molecule has 2 amide bonds. The van der Waals surface area contributed by atoms with Gasteiger partial charge in [-0.15, -0.1) is 0 Å². The highest BCUT2D eigenvalue weighted by Crippen LogP contribution is 2.60. The van der Waals surface area contributed by atoms with E-state index < -0.39 is 9.84 Å². The molecule has 0 spiro atoms. The molecule has 2 N–H and O–H groups in total. The molecule has 4 saturated carbocycles. The molecule has 0 aromatic heterocycles. The van der Waals surface area contributed by atoms with Crippen LogP contribution in [0.2, 0.25) is 0 Å². The van der Waals surface area contributed by atoms with E-state index in [4.69, 9.17) is 0 Å². The third-order valence-corrected chi connectivity index (χ3v) is 8.41. The van der Waals surface area contributed by atoms with Gasteiger partial charge in [0.2, 0.25) is 11.8 Å². The lowest BCUT2D eigenvalue weighted by atomic mass is 9.49. The van der Waals surface area contributed by atoms with Crippen LogP contribution in [0.25, 0.3) is 0 Å². The van der Waals surface area contributed by atoms with E-state index in [-0.39, 0.29) is 28.5 Å². The lowest BCUT2D eigenvalue weighted by Crippen LogP contribution is -2.53. The maximum atomic E-state index is 12.9. The van der Waals surface area contributed by atoms with Crippen LogP contribution in [0.5, 0.6) is 0 Å². The molecule has 164 valence electrons. The Morgan fingerprint density at radius 2 is 1.67 bits per heavy atom. The van der Waals surface area contributed by atoms with Gasteiger partial charge in [0, 0.05) is 30.3 Å². The molecule has 1 aromatic rings. The standard InChI is InChI=1S/C23H32N2O4S/c1-15-5-6-19(30(2,28)29)11-20(15)25-21(26)4-3-7-24-22(27)23-12-16-8-17(13-23)10-18(9-16)14-23/h5-6,11,16-18H,3-4,7-10,12-14H2,1-2H3,(H,24,27)(H,25,26). The van der Waals surface area contributed by atoms with E-state index >= 15 is 0 Å². The summed E-state index contributed by atoms with van der Waals surface area (Å²) in [5, 5.41) is 5.90. The molecular weight excluding hydrogens is 400 g/mol. The maximum Gasteiger partial charge on any atom is 0.226 e. The van der Waals surface area contributed by atoms with Crippen molar-refractivity contribution in [2.24, 2.45) is 23.2 Å². The van der Waals surface area contributed by atoms with Gasteiger partial charge in [-0.1, -0.05) is 6.07 Å². The van der Waals surface area contributed by atoms with Gasteiger partial charge < -0.3 is 10.6 Å². The number of amides is 2. The zero-order chi connectivity index (χ0) is 21.5. The van der Waals surface area contributed by atoms with E-state index in [2.05, 4.69) is 10.6 Å². The minimum absolute atomic E-state index is 0.153. The van der Waals surface area contributed by atoms with E-state index in [9.17, 15) is 18.0 Å². The molecule has 7 heteroatoms. The first-order chi connectivity index (χ1) is 14.1. The van der Waals surface area contributed by atoms with Gasteiger partial charge in [-0.2, -0.15) is 0 Å². The Labute approximate surface area is 179 Å². The molecule has 0 heterocycles. The minimum Gasteiger partial charge on any atom is -0.356 e. The van der Waals surface area contributed by atoms with Crippen LogP contribution in [0.3, 0.4) is 0 Å². The van der Waals surface area contributed by atoms with Crippen LogP contribution in [-0.2, 0) is 19.4 Å². The zero-order valence-corrected chi connectivity index (χ0v) is 18.7. The van der Waals surface area contributed by atoms with Crippen molar-refractivity contribution in [2.45, 2.75) is 63.2 Å². The summed E-state index contributed by atoms with van der Waals surface area (Å²) in [6, 6.07) is 4.73. The predicted molar refractivity (Wildman–Crippen MR) is 116 cm³/mol. The lowest BCUT2D eigenvalue weighted by Gasteiger charge is -2.55. The highest BCUT2D eigenvalue weighted by atomic mass is 32.2. The Morgan fingerprint density at radius 1 is 1.07 bits per heavy atom. The molecule has 0 unspecified atom stereocenters. The number of nitrogens with one attached hydrogen (secondary N) is 2. The summed E-state index contributed by atoms with van der Waals surface area (Å²) >= 11 is 0. The van der Waals surface area contributed by atoms with Crippen molar-refractivity contribution in [3.63, 3.8) is 0 Å². The fraction of sp³-hybridized carbons (Fsp3) is 0.652. The van der Waals surface area contributed by atoms with E-state index in [0.29, 0.717) is 18.7 Å². The van der Waals surface area contributed by atoms with Crippen LogP contribution in [0, 0.1) is 30.1 Å². The number of carbonyl (C=O) groups is 2. The van der Waals surface area contributed by atoms with Gasteiger partial charge in [0.15, 0.2) is 9.84 Å². The van der Waals surface area contributed by atoms with Gasteiger partial charge in [0.05, 0.1) is 4.90 Å². The number of sulfone groups is 1. The molecule has 4 fully saturated rings. The molecule has 0 radical (unpaired) electrons. The molecule has 6 nitrogen and oxygen atoms in total. The van der Waals surface area contributed by atoms with Gasteiger partial charge in [-0.05, 0) is 87.3 Å². The van der Waals surface area contributed by atoms with Gasteiger partial charge >= 0.3 is 0 Å². The predicted octanol–water partition coefficient (Wildman–Crippen LogP) is 3.45. The second kappa shape index (κ2) is 7.98. The maximum absolute atomic E-state index is 12.9. The number of benzene rings is 1. The molecule has 0 atom stereocenters. The third-order valence-electron chi connectivity index (χ3n) is 7.30. The van der Waals surface area contributed by atoms with E-state index in [1.54, 1.807) is 12.1 Å². The van der Waals surface area contributed by atoms with Gasteiger partial charge in [0.25, 0.3) is 0 Å². The largest absolute Gasteiger partial charge is 0.356 e. The van der Waals surface area contributed by atoms with Crippen LogP contribution in [0.4, 0.5) is 5.69 Å². The minimum atomic E-state index is -3.33. The average molecular weight is 433 g/mol. The van der Waals surface area contributed by atoms with E-state index in [1.807, 2.05) is 6.92 Å². The van der Waals surface area contributed by atoms with Crippen molar-refractivity contribution in [1.82, 2.24) is 5.32 Å². The van der Waals surface area contributed by atoms with Crippen LogP contribution >= 0.6 is 0 Å². The second-order valence-electron chi connectivity index (χ2n) is 9.85. The number of rotatable bonds is 7. The number of anilines is 1. The molecule has 4 aliphatic rings. The summed E-state index contributed by atoms with van der Waals surface area (Å²) in [5.74, 6) is 2.22. The van der Waals surface area contributed by atoms with Crippen molar-refractivity contribution in [2.75, 3.05) is 18.1 Å². The lowest BCUT2D eigenvalue weighted by molar-refractivity contribution is -0.146. The van der Waals surface area contributed by atoms with Crippen molar-refractivity contribution >= 4 is 27.3 Å². The van der Waals surface area contributed by atoms with Crippen molar-refractivity contribution in [3.8, 4) is 0 Å². The van der Waals surface area contributed by atoms with E-state index in [1.165, 1.54) is 25.3 Å². The van der Waals surface area contributed by atoms with Crippen molar-refractivity contribution in [3.05, 3.63) is 23.8 Å². The summed E-state index contributed by atoms with van der Waals surface area (Å²) < 4.78 is 23.5. The number of hydrogen-bond donors (Lipinski definition) is 2. The Balaban J connectivity index is 1.25. The zero-order valence-electron chi connectivity index (χ0n) is 17.9. The fourth-order valence-electron chi connectivity index (χ4n) is 6.21. The highest BCUT2D eigenvalue weighted by Gasteiger charge is 2.54. The topological polar surface area (TPSA) is 92.3 Å².